The number of esters is 1. The van der Waals surface area contributed by atoms with Gasteiger partial charge in [0.2, 0.25) is 5.43 Å². The Morgan fingerprint density at radius 2 is 1.97 bits per heavy atom. The minimum absolute atomic E-state index is 0.0663. The van der Waals surface area contributed by atoms with Gasteiger partial charge in [0.15, 0.2) is 11.4 Å². The Morgan fingerprint density at radius 1 is 1.21 bits per heavy atom. The van der Waals surface area contributed by atoms with Crippen molar-refractivity contribution in [3.05, 3.63) is 63.6 Å². The van der Waals surface area contributed by atoms with Crippen molar-refractivity contribution in [1.29, 1.82) is 0 Å². The van der Waals surface area contributed by atoms with Crippen LogP contribution < -0.4 is 10.2 Å². The molecule has 1 aliphatic carbocycles. The third-order valence-electron chi connectivity index (χ3n) is 6.22. The summed E-state index contributed by atoms with van der Waals surface area (Å²) in [5.41, 5.74) is 0.228. The SMILES string of the molecule is CCOC(=O)c1cn2c(c(OCc3ccccc3)c1=O)C(=O)N1C[C@H]3C[C@]1(C2)C3. The molecule has 6 rings (SSSR count). The summed E-state index contributed by atoms with van der Waals surface area (Å²) in [6, 6.07) is 9.41. The molecule has 150 valence electrons. The predicted molar refractivity (Wildman–Crippen MR) is 104 cm³/mol. The quantitative estimate of drug-likeness (QED) is 0.727. The lowest BCUT2D eigenvalue weighted by molar-refractivity contribution is 0.0379. The Hall–Kier alpha value is -3.09. The van der Waals surface area contributed by atoms with Crippen molar-refractivity contribution in [3.63, 3.8) is 0 Å². The van der Waals surface area contributed by atoms with Crippen LogP contribution in [0.1, 0.15) is 46.2 Å². The largest absolute Gasteiger partial charge is 0.483 e. The molecule has 2 bridgehead atoms. The van der Waals surface area contributed by atoms with Gasteiger partial charge < -0.3 is 18.9 Å². The van der Waals surface area contributed by atoms with E-state index in [-0.39, 0.29) is 41.7 Å². The first-order valence-electron chi connectivity index (χ1n) is 9.95. The van der Waals surface area contributed by atoms with Crippen LogP contribution in [0.4, 0.5) is 0 Å². The first-order chi connectivity index (χ1) is 14.0. The monoisotopic (exact) mass is 394 g/mol. The molecule has 0 N–H and O–H groups in total. The van der Waals surface area contributed by atoms with Crippen LogP contribution in [0.2, 0.25) is 0 Å². The van der Waals surface area contributed by atoms with Gasteiger partial charge in [0.05, 0.1) is 12.1 Å². The minimum Gasteiger partial charge on any atom is -0.483 e. The average Bonchev–Trinajstić information content (AvgIpc) is 3.24. The first kappa shape index (κ1) is 18.0. The summed E-state index contributed by atoms with van der Waals surface area (Å²) >= 11 is 0. The number of carbonyl (C=O) groups excluding carboxylic acids is 2. The van der Waals surface area contributed by atoms with E-state index >= 15 is 0 Å². The number of aromatic nitrogens is 1. The molecule has 1 saturated carbocycles. The normalized spacial score (nSPS) is 23.8. The number of rotatable bonds is 5. The van der Waals surface area contributed by atoms with E-state index in [2.05, 4.69) is 0 Å². The van der Waals surface area contributed by atoms with E-state index in [1.807, 2.05) is 35.2 Å². The highest BCUT2D eigenvalue weighted by Gasteiger charge is 2.60. The zero-order valence-electron chi connectivity index (χ0n) is 16.2. The molecule has 1 aromatic heterocycles. The summed E-state index contributed by atoms with van der Waals surface area (Å²) in [6.07, 6.45) is 3.42. The van der Waals surface area contributed by atoms with Crippen molar-refractivity contribution in [2.75, 3.05) is 13.2 Å². The smallest absolute Gasteiger partial charge is 0.343 e. The molecular formula is C22H22N2O5. The molecule has 1 amide bonds. The van der Waals surface area contributed by atoms with Gasteiger partial charge in [0.1, 0.15) is 12.2 Å². The van der Waals surface area contributed by atoms with E-state index in [9.17, 15) is 14.4 Å². The average molecular weight is 394 g/mol. The van der Waals surface area contributed by atoms with Crippen molar-refractivity contribution >= 4 is 11.9 Å². The number of hydrogen-bond acceptors (Lipinski definition) is 5. The molecule has 2 aromatic rings. The van der Waals surface area contributed by atoms with E-state index in [0.717, 1.165) is 24.9 Å². The highest BCUT2D eigenvalue weighted by atomic mass is 16.5. The van der Waals surface area contributed by atoms with Gasteiger partial charge in [-0.1, -0.05) is 30.3 Å². The zero-order valence-corrected chi connectivity index (χ0v) is 16.2. The van der Waals surface area contributed by atoms with Crippen LogP contribution in [0.15, 0.2) is 41.3 Å². The molecule has 1 aromatic carbocycles. The van der Waals surface area contributed by atoms with E-state index in [1.54, 1.807) is 11.5 Å². The Labute approximate surface area is 167 Å². The van der Waals surface area contributed by atoms with Gasteiger partial charge in [0.25, 0.3) is 5.91 Å². The van der Waals surface area contributed by atoms with Crippen LogP contribution >= 0.6 is 0 Å². The lowest BCUT2D eigenvalue weighted by atomic mass is 9.72. The Balaban J connectivity index is 1.60. The van der Waals surface area contributed by atoms with Crippen molar-refractivity contribution in [3.8, 4) is 5.75 Å². The van der Waals surface area contributed by atoms with Gasteiger partial charge in [-0.05, 0) is 31.2 Å². The highest BCUT2D eigenvalue weighted by molar-refractivity contribution is 5.99. The van der Waals surface area contributed by atoms with Crippen molar-refractivity contribution < 1.29 is 19.1 Å². The number of fused-ring (bicyclic) bond motifs is 1. The van der Waals surface area contributed by atoms with E-state index in [1.165, 1.54) is 6.20 Å². The highest BCUT2D eigenvalue weighted by Crippen LogP contribution is 2.54. The number of nitrogens with zero attached hydrogens (tertiary/aromatic N) is 2. The molecular weight excluding hydrogens is 372 g/mol. The van der Waals surface area contributed by atoms with Gasteiger partial charge >= 0.3 is 5.97 Å². The van der Waals surface area contributed by atoms with Gasteiger partial charge in [0, 0.05) is 19.3 Å². The summed E-state index contributed by atoms with van der Waals surface area (Å²) in [6.45, 7) is 3.28. The zero-order chi connectivity index (χ0) is 20.2. The van der Waals surface area contributed by atoms with Crippen LogP contribution in [0.3, 0.4) is 0 Å². The molecule has 0 unspecified atom stereocenters. The Kier molecular flexibility index (Phi) is 4.01. The second kappa shape index (κ2) is 6.47. The number of pyridine rings is 1. The number of ether oxygens (including phenoxy) is 2. The van der Waals surface area contributed by atoms with Gasteiger partial charge in [-0.15, -0.1) is 0 Å². The molecule has 3 aliphatic heterocycles. The standard InChI is InChI=1S/C22H22N2O5/c1-2-28-21(27)16-11-23-13-22-8-15(9-22)10-24(22)20(26)17(23)19(18(16)25)29-12-14-6-4-3-5-7-14/h3-7,11,15H,2,8-10,12-13H2,1H3/t15-,22+. The molecule has 0 atom stereocenters. The number of hydrogen-bond donors (Lipinski definition) is 0. The fraction of sp³-hybridized carbons (Fsp3) is 0.409. The van der Waals surface area contributed by atoms with Crippen molar-refractivity contribution in [2.24, 2.45) is 5.92 Å². The molecule has 2 saturated heterocycles. The third kappa shape index (κ3) is 2.68. The maximum atomic E-state index is 13.3. The minimum atomic E-state index is -0.692. The van der Waals surface area contributed by atoms with Crippen LogP contribution in [0, 0.1) is 5.92 Å². The predicted octanol–water partition coefficient (Wildman–Crippen LogP) is 2.22. The molecule has 4 aliphatic rings. The fourth-order valence-corrected chi connectivity index (χ4v) is 4.98. The molecule has 1 spiro atoms. The van der Waals surface area contributed by atoms with E-state index in [4.69, 9.17) is 9.47 Å². The maximum absolute atomic E-state index is 13.3. The van der Waals surface area contributed by atoms with Crippen LogP contribution in [0.25, 0.3) is 0 Å². The van der Waals surface area contributed by atoms with Crippen molar-refractivity contribution in [2.45, 2.75) is 38.5 Å². The Morgan fingerprint density at radius 3 is 2.69 bits per heavy atom. The summed E-state index contributed by atoms with van der Waals surface area (Å²) < 4.78 is 12.7. The lowest BCUT2D eigenvalue weighted by Crippen LogP contribution is -2.56. The number of carbonyl (C=O) groups is 2. The first-order valence-corrected chi connectivity index (χ1v) is 9.95. The van der Waals surface area contributed by atoms with Gasteiger partial charge in [-0.2, -0.15) is 0 Å². The van der Waals surface area contributed by atoms with Gasteiger partial charge in [-0.3, -0.25) is 9.59 Å². The second-order valence-electron chi connectivity index (χ2n) is 8.09. The molecule has 29 heavy (non-hydrogen) atoms. The second-order valence-corrected chi connectivity index (χ2v) is 8.09. The van der Waals surface area contributed by atoms with Crippen LogP contribution in [0.5, 0.6) is 5.75 Å². The van der Waals surface area contributed by atoms with Crippen LogP contribution in [-0.2, 0) is 17.9 Å². The van der Waals surface area contributed by atoms with Gasteiger partial charge in [-0.25, -0.2) is 4.79 Å². The third-order valence-corrected chi connectivity index (χ3v) is 6.22. The Bertz CT molecular complexity index is 1050. The van der Waals surface area contributed by atoms with E-state index < -0.39 is 11.4 Å². The molecule has 4 heterocycles. The van der Waals surface area contributed by atoms with E-state index in [0.29, 0.717) is 12.5 Å². The summed E-state index contributed by atoms with van der Waals surface area (Å²) in [4.78, 5) is 40.7. The summed E-state index contributed by atoms with van der Waals surface area (Å²) in [5, 5.41) is 0. The number of benzene rings is 1. The summed E-state index contributed by atoms with van der Waals surface area (Å²) in [5.74, 6) is -0.420. The molecule has 0 radical (unpaired) electrons. The molecule has 7 nitrogen and oxygen atoms in total. The van der Waals surface area contributed by atoms with Crippen molar-refractivity contribution in [1.82, 2.24) is 9.47 Å². The lowest BCUT2D eigenvalue weighted by Gasteiger charge is -2.46. The molecule has 7 heteroatoms. The number of amides is 1. The molecule has 3 fully saturated rings. The summed E-state index contributed by atoms with van der Waals surface area (Å²) in [7, 11) is 0. The van der Waals surface area contributed by atoms with Crippen LogP contribution in [-0.4, -0.2) is 40.0 Å². The maximum Gasteiger partial charge on any atom is 0.343 e. The topological polar surface area (TPSA) is 77.8 Å². The fourth-order valence-electron chi connectivity index (χ4n) is 4.98.